The molecule has 2 atom stereocenters. The summed E-state index contributed by atoms with van der Waals surface area (Å²) in [7, 11) is 0. The van der Waals surface area contributed by atoms with Gasteiger partial charge < -0.3 is 19.5 Å². The molecule has 0 radical (unpaired) electrons. The van der Waals surface area contributed by atoms with E-state index in [0.717, 1.165) is 18.4 Å². The van der Waals surface area contributed by atoms with Crippen LogP contribution < -0.4 is 4.74 Å². The van der Waals surface area contributed by atoms with E-state index in [9.17, 15) is 9.59 Å². The van der Waals surface area contributed by atoms with Crippen LogP contribution in [-0.2, 0) is 14.3 Å². The maximum atomic E-state index is 12.9. The number of rotatable bonds is 5. The number of carboxylic acids is 1. The quantitative estimate of drug-likeness (QED) is 0.893. The van der Waals surface area contributed by atoms with Gasteiger partial charge in [-0.3, -0.25) is 9.59 Å². The SMILES string of the molecule is O=C(O)CN(C[C@@H]1CCCO1)C(=O)[C@@H]1CCOc2ccccc21. The average Bonchev–Trinajstić information content (AvgIpc) is 3.05. The highest BCUT2D eigenvalue weighted by Crippen LogP contribution is 2.34. The third-order valence-electron chi connectivity index (χ3n) is 4.34. The highest BCUT2D eigenvalue weighted by molar-refractivity contribution is 5.87. The molecule has 0 spiro atoms. The highest BCUT2D eigenvalue weighted by atomic mass is 16.5. The molecule has 6 heteroatoms. The molecule has 1 amide bonds. The van der Waals surface area contributed by atoms with Gasteiger partial charge in [0.2, 0.25) is 5.91 Å². The van der Waals surface area contributed by atoms with Gasteiger partial charge in [0, 0.05) is 18.7 Å². The lowest BCUT2D eigenvalue weighted by Gasteiger charge is -2.31. The Kier molecular flexibility index (Phi) is 4.81. The summed E-state index contributed by atoms with van der Waals surface area (Å²) in [4.78, 5) is 25.5. The summed E-state index contributed by atoms with van der Waals surface area (Å²) < 4.78 is 11.1. The number of para-hydroxylation sites is 1. The van der Waals surface area contributed by atoms with E-state index in [1.807, 2.05) is 24.3 Å². The highest BCUT2D eigenvalue weighted by Gasteiger charge is 2.33. The maximum absolute atomic E-state index is 12.9. The number of aliphatic carboxylic acids is 1. The van der Waals surface area contributed by atoms with Gasteiger partial charge in [-0.2, -0.15) is 0 Å². The number of fused-ring (bicyclic) bond motifs is 1. The minimum atomic E-state index is -1.00. The summed E-state index contributed by atoms with van der Waals surface area (Å²) in [6.45, 7) is 1.19. The van der Waals surface area contributed by atoms with Gasteiger partial charge in [0.05, 0.1) is 18.6 Å². The first kappa shape index (κ1) is 15.8. The number of hydrogen-bond acceptors (Lipinski definition) is 4. The van der Waals surface area contributed by atoms with Crippen LogP contribution in [0.4, 0.5) is 0 Å². The fourth-order valence-electron chi connectivity index (χ4n) is 3.25. The zero-order valence-electron chi connectivity index (χ0n) is 12.9. The Hall–Kier alpha value is -2.08. The van der Waals surface area contributed by atoms with Crippen molar-refractivity contribution in [2.75, 3.05) is 26.3 Å². The van der Waals surface area contributed by atoms with Crippen molar-refractivity contribution < 1.29 is 24.2 Å². The summed E-state index contributed by atoms with van der Waals surface area (Å²) in [5.41, 5.74) is 0.839. The summed E-state index contributed by atoms with van der Waals surface area (Å²) in [6, 6.07) is 7.46. The zero-order chi connectivity index (χ0) is 16.2. The largest absolute Gasteiger partial charge is 0.493 e. The molecule has 23 heavy (non-hydrogen) atoms. The third-order valence-corrected chi connectivity index (χ3v) is 4.34. The zero-order valence-corrected chi connectivity index (χ0v) is 12.9. The minimum absolute atomic E-state index is 0.0617. The van der Waals surface area contributed by atoms with Crippen LogP contribution in [0.5, 0.6) is 5.75 Å². The molecule has 0 aliphatic carbocycles. The van der Waals surface area contributed by atoms with Crippen molar-refractivity contribution in [2.45, 2.75) is 31.3 Å². The summed E-state index contributed by atoms with van der Waals surface area (Å²) in [5.74, 6) is -0.791. The molecule has 0 aromatic heterocycles. The molecule has 124 valence electrons. The fraction of sp³-hybridized carbons (Fsp3) is 0.529. The molecular formula is C17H21NO5. The normalized spacial score (nSPS) is 23.0. The van der Waals surface area contributed by atoms with Crippen molar-refractivity contribution in [2.24, 2.45) is 0 Å². The van der Waals surface area contributed by atoms with Crippen LogP contribution in [0.15, 0.2) is 24.3 Å². The van der Waals surface area contributed by atoms with Crippen LogP contribution in [-0.4, -0.2) is 54.3 Å². The lowest BCUT2D eigenvalue weighted by atomic mass is 9.91. The van der Waals surface area contributed by atoms with Crippen molar-refractivity contribution in [3.8, 4) is 5.75 Å². The Morgan fingerprint density at radius 2 is 2.04 bits per heavy atom. The number of benzene rings is 1. The number of ether oxygens (including phenoxy) is 2. The lowest BCUT2D eigenvalue weighted by molar-refractivity contribution is -0.146. The van der Waals surface area contributed by atoms with Crippen molar-refractivity contribution in [3.05, 3.63) is 29.8 Å². The van der Waals surface area contributed by atoms with Gasteiger partial charge in [-0.25, -0.2) is 0 Å². The Bertz CT molecular complexity index is 582. The van der Waals surface area contributed by atoms with Gasteiger partial charge in [0.15, 0.2) is 0 Å². The topological polar surface area (TPSA) is 76.1 Å². The first-order valence-electron chi connectivity index (χ1n) is 7.99. The van der Waals surface area contributed by atoms with Gasteiger partial charge in [-0.1, -0.05) is 18.2 Å². The van der Waals surface area contributed by atoms with Crippen LogP contribution in [0.1, 0.15) is 30.7 Å². The summed E-state index contributed by atoms with van der Waals surface area (Å²) in [6.07, 6.45) is 2.33. The molecular weight excluding hydrogens is 298 g/mol. The van der Waals surface area contributed by atoms with E-state index in [0.29, 0.717) is 31.9 Å². The van der Waals surface area contributed by atoms with Crippen LogP contribution in [0.2, 0.25) is 0 Å². The van der Waals surface area contributed by atoms with Crippen molar-refractivity contribution in [3.63, 3.8) is 0 Å². The van der Waals surface area contributed by atoms with Crippen LogP contribution >= 0.6 is 0 Å². The van der Waals surface area contributed by atoms with E-state index < -0.39 is 5.97 Å². The smallest absolute Gasteiger partial charge is 0.323 e. The molecule has 3 rings (SSSR count). The molecule has 1 fully saturated rings. The Morgan fingerprint density at radius 3 is 2.78 bits per heavy atom. The predicted octanol–water partition coefficient (Wildman–Crippen LogP) is 1.64. The van der Waals surface area contributed by atoms with Crippen LogP contribution in [0, 0.1) is 0 Å². The second-order valence-electron chi connectivity index (χ2n) is 5.98. The molecule has 2 aliphatic rings. The van der Waals surface area contributed by atoms with Crippen molar-refractivity contribution >= 4 is 11.9 Å². The van der Waals surface area contributed by atoms with Gasteiger partial charge in [-0.15, -0.1) is 0 Å². The molecule has 1 aromatic rings. The van der Waals surface area contributed by atoms with E-state index in [4.69, 9.17) is 14.6 Å². The van der Waals surface area contributed by atoms with E-state index >= 15 is 0 Å². The van der Waals surface area contributed by atoms with E-state index in [1.165, 1.54) is 4.90 Å². The molecule has 1 aromatic carbocycles. The van der Waals surface area contributed by atoms with Crippen molar-refractivity contribution in [1.82, 2.24) is 4.90 Å². The molecule has 2 heterocycles. The van der Waals surface area contributed by atoms with Gasteiger partial charge in [0.25, 0.3) is 0 Å². The Morgan fingerprint density at radius 1 is 1.22 bits per heavy atom. The summed E-state index contributed by atoms with van der Waals surface area (Å²) in [5, 5.41) is 9.14. The predicted molar refractivity (Wildman–Crippen MR) is 82.5 cm³/mol. The Labute approximate surface area is 135 Å². The van der Waals surface area contributed by atoms with Crippen LogP contribution in [0.3, 0.4) is 0 Å². The molecule has 2 aliphatic heterocycles. The molecule has 0 bridgehead atoms. The average molecular weight is 319 g/mol. The molecule has 1 saturated heterocycles. The first-order valence-corrected chi connectivity index (χ1v) is 7.99. The third kappa shape index (κ3) is 3.64. The maximum Gasteiger partial charge on any atom is 0.323 e. The molecule has 0 saturated carbocycles. The second kappa shape index (κ2) is 7.00. The number of carbonyl (C=O) groups excluding carboxylic acids is 1. The number of nitrogens with zero attached hydrogens (tertiary/aromatic N) is 1. The standard InChI is InChI=1S/C17H21NO5/c19-16(20)11-18(10-12-4-3-8-22-12)17(21)14-7-9-23-15-6-2-1-5-13(14)15/h1-2,5-6,12,14H,3-4,7-11H2,(H,19,20)/t12-,14+/m0/s1. The molecule has 0 unspecified atom stereocenters. The van der Waals surface area contributed by atoms with Crippen molar-refractivity contribution in [1.29, 1.82) is 0 Å². The first-order chi connectivity index (χ1) is 11.1. The fourth-order valence-corrected chi connectivity index (χ4v) is 3.25. The number of amides is 1. The molecule has 6 nitrogen and oxygen atoms in total. The van der Waals surface area contributed by atoms with E-state index in [-0.39, 0.29) is 24.5 Å². The van der Waals surface area contributed by atoms with E-state index in [2.05, 4.69) is 0 Å². The van der Waals surface area contributed by atoms with Gasteiger partial charge in [0.1, 0.15) is 12.3 Å². The number of carbonyl (C=O) groups is 2. The van der Waals surface area contributed by atoms with Gasteiger partial charge >= 0.3 is 5.97 Å². The number of carboxylic acid groups (broad SMARTS) is 1. The second-order valence-corrected chi connectivity index (χ2v) is 5.98. The molecule has 1 N–H and O–H groups in total. The summed E-state index contributed by atoms with van der Waals surface area (Å²) >= 11 is 0. The Balaban J connectivity index is 1.78. The van der Waals surface area contributed by atoms with Gasteiger partial charge in [-0.05, 0) is 25.3 Å². The lowest BCUT2D eigenvalue weighted by Crippen LogP contribution is -2.44. The minimum Gasteiger partial charge on any atom is -0.493 e. The monoisotopic (exact) mass is 319 g/mol. The van der Waals surface area contributed by atoms with E-state index in [1.54, 1.807) is 0 Å². The van der Waals surface area contributed by atoms with Crippen LogP contribution in [0.25, 0.3) is 0 Å². The number of hydrogen-bond donors (Lipinski definition) is 1.